The second kappa shape index (κ2) is 6.91. The molecule has 4 rings (SSSR count). The van der Waals surface area contributed by atoms with Gasteiger partial charge in [-0.05, 0) is 12.1 Å². The van der Waals surface area contributed by atoms with Crippen molar-refractivity contribution >= 4 is 28.2 Å². The van der Waals surface area contributed by atoms with Crippen molar-refractivity contribution < 1.29 is 5.11 Å². The van der Waals surface area contributed by atoms with E-state index in [2.05, 4.69) is 36.0 Å². The number of rotatable bonds is 5. The molecule has 1 saturated heterocycles. The number of H-pyrrole nitrogens is 1. The van der Waals surface area contributed by atoms with Gasteiger partial charge in [0.05, 0.1) is 17.4 Å². The first-order valence-electron chi connectivity index (χ1n) is 8.20. The lowest BCUT2D eigenvalue weighted by molar-refractivity contribution is 0.232. The van der Waals surface area contributed by atoms with E-state index in [4.69, 9.17) is 4.98 Å². The van der Waals surface area contributed by atoms with E-state index in [0.29, 0.717) is 11.5 Å². The van der Waals surface area contributed by atoms with Crippen molar-refractivity contribution in [3.63, 3.8) is 0 Å². The highest BCUT2D eigenvalue weighted by atomic mass is 16.3. The minimum Gasteiger partial charge on any atom is -0.357 e. The average Bonchev–Trinajstić information content (AvgIpc) is 3.14. The third-order valence-corrected chi connectivity index (χ3v) is 4.09. The smallest absolute Gasteiger partial charge is 0.204 e. The second-order valence-corrected chi connectivity index (χ2v) is 5.85. The monoisotopic (exact) mass is 340 g/mol. The van der Waals surface area contributed by atoms with Crippen LogP contribution in [0.3, 0.4) is 0 Å². The van der Waals surface area contributed by atoms with Crippen molar-refractivity contribution in [3.8, 4) is 0 Å². The van der Waals surface area contributed by atoms with Gasteiger partial charge in [-0.1, -0.05) is 0 Å². The van der Waals surface area contributed by atoms with Gasteiger partial charge in [0.1, 0.15) is 11.6 Å². The van der Waals surface area contributed by atoms with E-state index in [1.165, 1.54) is 0 Å². The van der Waals surface area contributed by atoms with Gasteiger partial charge >= 0.3 is 0 Å². The topological polar surface area (TPSA) is 114 Å². The lowest BCUT2D eigenvalue weighted by atomic mass is 10.2. The molecule has 3 aromatic rings. The standard InChI is InChI=1S/C16H20N8O/c25-16(21-12-9-19-20-10-12)23-14-7-13-11(8-18-14)1-2-15(22-13)24-5-3-17-4-6-24/h1-2,7-10,16-17,21,25H,3-6H2,(H,18,23)(H,19,20). The van der Waals surface area contributed by atoms with Crippen LogP contribution in [0.15, 0.2) is 36.8 Å². The maximum atomic E-state index is 10.1. The lowest BCUT2D eigenvalue weighted by Gasteiger charge is -2.28. The Morgan fingerprint density at radius 3 is 2.84 bits per heavy atom. The van der Waals surface area contributed by atoms with Gasteiger partial charge in [0.25, 0.3) is 0 Å². The van der Waals surface area contributed by atoms with Gasteiger partial charge in [-0.3, -0.25) is 5.10 Å². The molecule has 1 aliphatic rings. The SMILES string of the molecule is OC(Nc1cn[nH]c1)Nc1cc2nc(N3CCNCC3)ccc2cn1. The van der Waals surface area contributed by atoms with Crippen molar-refractivity contribution in [1.29, 1.82) is 0 Å². The number of hydrogen-bond donors (Lipinski definition) is 5. The van der Waals surface area contributed by atoms with Gasteiger partial charge in [-0.25, -0.2) is 9.97 Å². The lowest BCUT2D eigenvalue weighted by Crippen LogP contribution is -2.43. The molecule has 1 aliphatic heterocycles. The van der Waals surface area contributed by atoms with Crippen molar-refractivity contribution in [2.45, 2.75) is 6.35 Å². The number of aromatic amines is 1. The Bertz CT molecular complexity index is 831. The molecule has 1 unspecified atom stereocenters. The fourth-order valence-corrected chi connectivity index (χ4v) is 2.82. The maximum absolute atomic E-state index is 10.1. The summed E-state index contributed by atoms with van der Waals surface area (Å²) in [6.45, 7) is 3.83. The average molecular weight is 340 g/mol. The van der Waals surface area contributed by atoms with Gasteiger partial charge in [0.15, 0.2) is 0 Å². The summed E-state index contributed by atoms with van der Waals surface area (Å²) in [5.41, 5.74) is 1.52. The number of hydrogen-bond acceptors (Lipinski definition) is 8. The Morgan fingerprint density at radius 1 is 1.16 bits per heavy atom. The zero-order chi connectivity index (χ0) is 17.1. The molecule has 1 fully saturated rings. The summed E-state index contributed by atoms with van der Waals surface area (Å²) in [5.74, 6) is 1.50. The fourth-order valence-electron chi connectivity index (χ4n) is 2.82. The number of aromatic nitrogens is 4. The van der Waals surface area contributed by atoms with E-state index >= 15 is 0 Å². The molecule has 130 valence electrons. The molecule has 9 nitrogen and oxygen atoms in total. The zero-order valence-corrected chi connectivity index (χ0v) is 13.6. The van der Waals surface area contributed by atoms with Crippen LogP contribution in [0, 0.1) is 0 Å². The Kier molecular flexibility index (Phi) is 4.32. The van der Waals surface area contributed by atoms with Crippen LogP contribution in [0.2, 0.25) is 0 Å². The molecule has 25 heavy (non-hydrogen) atoms. The van der Waals surface area contributed by atoms with Crippen LogP contribution in [0.5, 0.6) is 0 Å². The van der Waals surface area contributed by atoms with E-state index in [1.54, 1.807) is 18.6 Å². The molecule has 0 amide bonds. The van der Waals surface area contributed by atoms with Crippen LogP contribution in [0.25, 0.3) is 10.9 Å². The first-order valence-corrected chi connectivity index (χ1v) is 8.20. The highest BCUT2D eigenvalue weighted by molar-refractivity contribution is 5.81. The van der Waals surface area contributed by atoms with Crippen LogP contribution in [-0.4, -0.2) is 57.8 Å². The molecule has 0 spiro atoms. The Hall–Kier alpha value is -2.91. The molecule has 9 heteroatoms. The minimum atomic E-state index is -0.987. The molecular formula is C16H20N8O. The van der Waals surface area contributed by atoms with Crippen LogP contribution in [0.1, 0.15) is 0 Å². The van der Waals surface area contributed by atoms with E-state index in [9.17, 15) is 5.11 Å². The summed E-state index contributed by atoms with van der Waals surface area (Å²) in [5, 5.41) is 26.6. The number of aliphatic hydroxyl groups is 1. The highest BCUT2D eigenvalue weighted by Gasteiger charge is 2.12. The molecular weight excluding hydrogens is 320 g/mol. The third kappa shape index (κ3) is 3.62. The number of piperazine rings is 1. The number of anilines is 3. The van der Waals surface area contributed by atoms with Crippen molar-refractivity contribution in [3.05, 3.63) is 36.8 Å². The van der Waals surface area contributed by atoms with Gasteiger partial charge in [0, 0.05) is 50.0 Å². The molecule has 0 aromatic carbocycles. The number of pyridine rings is 2. The van der Waals surface area contributed by atoms with Crippen molar-refractivity contribution in [2.24, 2.45) is 0 Å². The number of fused-ring (bicyclic) bond motifs is 1. The predicted molar refractivity (Wildman–Crippen MR) is 96.5 cm³/mol. The van der Waals surface area contributed by atoms with Crippen LogP contribution in [0.4, 0.5) is 17.3 Å². The Morgan fingerprint density at radius 2 is 2.04 bits per heavy atom. The van der Waals surface area contributed by atoms with Gasteiger partial charge in [-0.2, -0.15) is 5.10 Å². The van der Waals surface area contributed by atoms with Gasteiger partial charge in [0.2, 0.25) is 6.35 Å². The minimum absolute atomic E-state index is 0.543. The summed E-state index contributed by atoms with van der Waals surface area (Å²) >= 11 is 0. The first kappa shape index (κ1) is 15.6. The molecule has 5 N–H and O–H groups in total. The summed E-state index contributed by atoms with van der Waals surface area (Å²) in [7, 11) is 0. The van der Waals surface area contributed by atoms with Crippen LogP contribution in [-0.2, 0) is 0 Å². The summed E-state index contributed by atoms with van der Waals surface area (Å²) in [6.07, 6.45) is 4.00. The normalized spacial score (nSPS) is 16.0. The zero-order valence-electron chi connectivity index (χ0n) is 13.6. The Labute approximate surface area is 144 Å². The number of aliphatic hydroxyl groups excluding tert-OH is 1. The molecule has 0 aliphatic carbocycles. The second-order valence-electron chi connectivity index (χ2n) is 5.85. The van der Waals surface area contributed by atoms with E-state index in [-0.39, 0.29) is 0 Å². The fraction of sp³-hybridized carbons (Fsp3) is 0.312. The first-order chi connectivity index (χ1) is 12.3. The van der Waals surface area contributed by atoms with Gasteiger partial charge in [-0.15, -0.1) is 0 Å². The molecule has 0 bridgehead atoms. The highest BCUT2D eigenvalue weighted by Crippen LogP contribution is 2.20. The number of nitrogens with zero attached hydrogens (tertiary/aromatic N) is 4. The van der Waals surface area contributed by atoms with Crippen molar-refractivity contribution in [2.75, 3.05) is 41.7 Å². The molecule has 0 saturated carbocycles. The van der Waals surface area contributed by atoms with E-state index < -0.39 is 6.35 Å². The summed E-state index contributed by atoms with van der Waals surface area (Å²) in [6, 6.07) is 5.88. The summed E-state index contributed by atoms with van der Waals surface area (Å²) in [4.78, 5) is 11.3. The molecule has 4 heterocycles. The molecule has 1 atom stereocenters. The van der Waals surface area contributed by atoms with Crippen molar-refractivity contribution in [1.82, 2.24) is 25.5 Å². The number of nitrogens with one attached hydrogen (secondary N) is 4. The van der Waals surface area contributed by atoms with Crippen LogP contribution >= 0.6 is 0 Å². The largest absolute Gasteiger partial charge is 0.357 e. The quantitative estimate of drug-likeness (QED) is 0.428. The van der Waals surface area contributed by atoms with E-state index in [0.717, 1.165) is 42.9 Å². The van der Waals surface area contributed by atoms with E-state index in [1.807, 2.05) is 18.2 Å². The Balaban J connectivity index is 1.51. The van der Waals surface area contributed by atoms with Gasteiger partial charge < -0.3 is 26.0 Å². The summed E-state index contributed by atoms with van der Waals surface area (Å²) < 4.78 is 0. The predicted octanol–water partition coefficient (Wildman–Crippen LogP) is 0.562. The third-order valence-electron chi connectivity index (χ3n) is 4.09. The van der Waals surface area contributed by atoms with Crippen LogP contribution < -0.4 is 20.9 Å². The maximum Gasteiger partial charge on any atom is 0.204 e. The molecule has 0 radical (unpaired) electrons. The molecule has 3 aromatic heterocycles.